The Morgan fingerprint density at radius 2 is 1.89 bits per heavy atom. The standard InChI is InChI=1S/C19H27N3O5/c1-6-19(7-2,12-20-17(24)26-18(3,4)5)21-16(23)13-11-15(27-22-13)14-9-8-10-25-14/h8-11H,6-7,12H2,1-5H3,(H,20,24)(H,21,23). The Kier molecular flexibility index (Phi) is 6.30. The van der Waals surface area contributed by atoms with E-state index >= 15 is 0 Å². The molecule has 0 aliphatic heterocycles. The van der Waals surface area contributed by atoms with E-state index in [1.807, 2.05) is 13.8 Å². The molecular weight excluding hydrogens is 350 g/mol. The van der Waals surface area contributed by atoms with Crippen LogP contribution in [0, 0.1) is 0 Å². The molecule has 0 atom stereocenters. The maximum absolute atomic E-state index is 12.6. The van der Waals surface area contributed by atoms with E-state index in [0.717, 1.165) is 0 Å². The zero-order valence-electron chi connectivity index (χ0n) is 16.4. The lowest BCUT2D eigenvalue weighted by Gasteiger charge is -2.33. The van der Waals surface area contributed by atoms with Gasteiger partial charge >= 0.3 is 6.09 Å². The van der Waals surface area contributed by atoms with Crippen LogP contribution >= 0.6 is 0 Å². The van der Waals surface area contributed by atoms with Crippen LogP contribution in [0.15, 0.2) is 33.4 Å². The number of hydrogen-bond acceptors (Lipinski definition) is 6. The van der Waals surface area contributed by atoms with E-state index in [9.17, 15) is 9.59 Å². The van der Waals surface area contributed by atoms with E-state index in [-0.39, 0.29) is 18.1 Å². The van der Waals surface area contributed by atoms with Gasteiger partial charge in [-0.3, -0.25) is 4.79 Å². The van der Waals surface area contributed by atoms with Crippen molar-refractivity contribution in [3.05, 3.63) is 30.2 Å². The molecule has 148 valence electrons. The van der Waals surface area contributed by atoms with Gasteiger partial charge in [0.25, 0.3) is 5.91 Å². The fraction of sp³-hybridized carbons (Fsp3) is 0.526. The number of furan rings is 1. The molecule has 8 heteroatoms. The van der Waals surface area contributed by atoms with Crippen LogP contribution in [0.2, 0.25) is 0 Å². The molecule has 27 heavy (non-hydrogen) atoms. The Bertz CT molecular complexity index is 755. The highest BCUT2D eigenvalue weighted by Gasteiger charge is 2.31. The molecule has 2 heterocycles. The number of ether oxygens (including phenoxy) is 1. The van der Waals surface area contributed by atoms with Crippen molar-refractivity contribution in [1.82, 2.24) is 15.8 Å². The summed E-state index contributed by atoms with van der Waals surface area (Å²) < 4.78 is 15.7. The number of amides is 2. The molecule has 8 nitrogen and oxygen atoms in total. The minimum absolute atomic E-state index is 0.143. The lowest BCUT2D eigenvalue weighted by Crippen LogP contribution is -2.55. The first-order chi connectivity index (χ1) is 12.7. The molecule has 2 aromatic heterocycles. The van der Waals surface area contributed by atoms with E-state index < -0.39 is 17.2 Å². The summed E-state index contributed by atoms with van der Waals surface area (Å²) in [5.41, 5.74) is -1.07. The third kappa shape index (κ3) is 5.60. The van der Waals surface area contributed by atoms with Gasteiger partial charge in [-0.25, -0.2) is 4.79 Å². The van der Waals surface area contributed by atoms with Gasteiger partial charge in [-0.2, -0.15) is 0 Å². The summed E-state index contributed by atoms with van der Waals surface area (Å²) in [6.45, 7) is 9.51. The lowest BCUT2D eigenvalue weighted by molar-refractivity contribution is 0.0501. The highest BCUT2D eigenvalue weighted by Crippen LogP contribution is 2.21. The minimum Gasteiger partial charge on any atom is -0.461 e. The molecule has 0 aromatic carbocycles. The van der Waals surface area contributed by atoms with Gasteiger partial charge in [-0.05, 0) is 45.7 Å². The largest absolute Gasteiger partial charge is 0.461 e. The van der Waals surface area contributed by atoms with Gasteiger partial charge in [0, 0.05) is 12.6 Å². The predicted octanol–water partition coefficient (Wildman–Crippen LogP) is 3.75. The average Bonchev–Trinajstić information content (AvgIpc) is 3.28. The van der Waals surface area contributed by atoms with E-state index in [4.69, 9.17) is 13.7 Å². The number of carbonyl (C=O) groups is 2. The quantitative estimate of drug-likeness (QED) is 0.761. The predicted molar refractivity (Wildman–Crippen MR) is 99.2 cm³/mol. The van der Waals surface area contributed by atoms with Crippen LogP contribution in [0.4, 0.5) is 4.79 Å². The van der Waals surface area contributed by atoms with Gasteiger partial charge in [0.15, 0.2) is 11.5 Å². The summed E-state index contributed by atoms with van der Waals surface area (Å²) in [5.74, 6) is 0.479. The number of hydrogen-bond donors (Lipinski definition) is 2. The Morgan fingerprint density at radius 1 is 1.19 bits per heavy atom. The number of nitrogens with one attached hydrogen (secondary N) is 2. The summed E-state index contributed by atoms with van der Waals surface area (Å²) in [7, 11) is 0. The minimum atomic E-state index is -0.627. The van der Waals surface area contributed by atoms with Crippen molar-refractivity contribution in [1.29, 1.82) is 0 Å². The Morgan fingerprint density at radius 3 is 2.44 bits per heavy atom. The molecule has 2 N–H and O–H groups in total. The van der Waals surface area contributed by atoms with Crippen molar-refractivity contribution in [3.63, 3.8) is 0 Å². The average molecular weight is 377 g/mol. The molecular formula is C19H27N3O5. The highest BCUT2D eigenvalue weighted by atomic mass is 16.6. The second-order valence-corrected chi connectivity index (χ2v) is 7.35. The first-order valence-corrected chi connectivity index (χ1v) is 8.98. The fourth-order valence-corrected chi connectivity index (χ4v) is 2.50. The smallest absolute Gasteiger partial charge is 0.407 e. The SMILES string of the molecule is CCC(CC)(CNC(=O)OC(C)(C)C)NC(=O)c1cc(-c2ccco2)on1. The number of aromatic nitrogens is 1. The lowest BCUT2D eigenvalue weighted by atomic mass is 9.92. The zero-order chi connectivity index (χ0) is 20.1. The number of carbonyl (C=O) groups excluding carboxylic acids is 2. The molecule has 0 bridgehead atoms. The molecule has 0 radical (unpaired) electrons. The van der Waals surface area contributed by atoms with E-state index in [0.29, 0.717) is 24.4 Å². The van der Waals surface area contributed by atoms with Gasteiger partial charge in [0.2, 0.25) is 5.76 Å². The van der Waals surface area contributed by atoms with Crippen LogP contribution in [-0.2, 0) is 4.74 Å². The van der Waals surface area contributed by atoms with Crippen molar-refractivity contribution in [3.8, 4) is 11.5 Å². The number of alkyl carbamates (subject to hydrolysis) is 1. The van der Waals surface area contributed by atoms with Crippen LogP contribution in [0.5, 0.6) is 0 Å². The van der Waals surface area contributed by atoms with Gasteiger partial charge < -0.3 is 24.3 Å². The molecule has 2 aromatic rings. The first-order valence-electron chi connectivity index (χ1n) is 8.98. The van der Waals surface area contributed by atoms with E-state index in [1.165, 1.54) is 12.3 Å². The van der Waals surface area contributed by atoms with Crippen LogP contribution in [-0.4, -0.2) is 34.8 Å². The Hall–Kier alpha value is -2.77. The number of rotatable bonds is 7. The second kappa shape index (κ2) is 8.28. The summed E-state index contributed by atoms with van der Waals surface area (Å²) in [4.78, 5) is 24.6. The molecule has 0 aliphatic carbocycles. The molecule has 0 aliphatic rings. The first kappa shape index (κ1) is 20.5. The topological polar surface area (TPSA) is 107 Å². The normalized spacial score (nSPS) is 11.9. The Balaban J connectivity index is 2.03. The van der Waals surface area contributed by atoms with Crippen LogP contribution in [0.1, 0.15) is 57.9 Å². The Labute approximate surface area is 158 Å². The van der Waals surface area contributed by atoms with E-state index in [1.54, 1.807) is 32.9 Å². The number of nitrogens with zero attached hydrogens (tertiary/aromatic N) is 1. The molecule has 0 fully saturated rings. The summed E-state index contributed by atoms with van der Waals surface area (Å²) in [6.07, 6.45) is 2.23. The maximum Gasteiger partial charge on any atom is 0.407 e. The molecule has 0 unspecified atom stereocenters. The van der Waals surface area contributed by atoms with Crippen molar-refractivity contribution in [2.45, 2.75) is 58.6 Å². The summed E-state index contributed by atoms with van der Waals surface area (Å²) in [6, 6.07) is 4.96. The molecule has 2 amide bonds. The van der Waals surface area contributed by atoms with Crippen LogP contribution in [0.25, 0.3) is 11.5 Å². The van der Waals surface area contributed by atoms with Crippen LogP contribution < -0.4 is 10.6 Å². The second-order valence-electron chi connectivity index (χ2n) is 7.35. The van der Waals surface area contributed by atoms with Gasteiger partial charge in [0.05, 0.1) is 11.8 Å². The van der Waals surface area contributed by atoms with Gasteiger partial charge in [-0.1, -0.05) is 19.0 Å². The van der Waals surface area contributed by atoms with Crippen molar-refractivity contribution in [2.24, 2.45) is 0 Å². The molecule has 0 saturated carbocycles. The zero-order valence-corrected chi connectivity index (χ0v) is 16.4. The van der Waals surface area contributed by atoms with Gasteiger partial charge in [0.1, 0.15) is 5.60 Å². The third-order valence-electron chi connectivity index (χ3n) is 4.21. The molecule has 0 spiro atoms. The fourth-order valence-electron chi connectivity index (χ4n) is 2.50. The monoisotopic (exact) mass is 377 g/mol. The van der Waals surface area contributed by atoms with Crippen molar-refractivity contribution >= 4 is 12.0 Å². The van der Waals surface area contributed by atoms with Crippen LogP contribution in [0.3, 0.4) is 0 Å². The highest BCUT2D eigenvalue weighted by molar-refractivity contribution is 5.93. The maximum atomic E-state index is 12.6. The molecule has 2 rings (SSSR count). The van der Waals surface area contributed by atoms with Crippen molar-refractivity contribution < 1.29 is 23.3 Å². The summed E-state index contributed by atoms with van der Waals surface area (Å²) >= 11 is 0. The molecule has 0 saturated heterocycles. The van der Waals surface area contributed by atoms with Crippen molar-refractivity contribution in [2.75, 3.05) is 6.54 Å². The third-order valence-corrected chi connectivity index (χ3v) is 4.21. The van der Waals surface area contributed by atoms with Gasteiger partial charge in [-0.15, -0.1) is 0 Å². The van der Waals surface area contributed by atoms with E-state index in [2.05, 4.69) is 15.8 Å². The summed E-state index contributed by atoms with van der Waals surface area (Å²) in [5, 5.41) is 9.50.